The molecular weight excluding hydrogens is 366 g/mol. The molecule has 1 aromatic carbocycles. The smallest absolute Gasteiger partial charge is 0.208 e. The van der Waals surface area contributed by atoms with Gasteiger partial charge in [0.15, 0.2) is 9.84 Å². The van der Waals surface area contributed by atoms with Gasteiger partial charge in [-0.3, -0.25) is 0 Å². The van der Waals surface area contributed by atoms with Crippen LogP contribution in [0, 0.1) is 0 Å². The van der Waals surface area contributed by atoms with Gasteiger partial charge in [-0.05, 0) is 35.1 Å². The maximum Gasteiger partial charge on any atom is 0.208 e. The summed E-state index contributed by atoms with van der Waals surface area (Å²) < 4.78 is 51.1. The average Bonchev–Trinajstić information content (AvgIpc) is 3.00. The molecule has 1 aromatic heterocycles. The molecule has 0 bridgehead atoms. The summed E-state index contributed by atoms with van der Waals surface area (Å²) in [6.07, 6.45) is 1.02. The highest BCUT2D eigenvalue weighted by Gasteiger charge is 2.30. The summed E-state index contributed by atoms with van der Waals surface area (Å²) in [6.45, 7) is 3.88. The second-order valence-electron chi connectivity index (χ2n) is 5.89. The van der Waals surface area contributed by atoms with Crippen LogP contribution >= 0.6 is 11.3 Å². The van der Waals surface area contributed by atoms with Crippen LogP contribution in [-0.2, 0) is 19.9 Å². The first-order valence-corrected chi connectivity index (χ1v) is 11.7. The molecule has 0 aliphatic carbocycles. The predicted octanol–water partition coefficient (Wildman–Crippen LogP) is 2.94. The van der Waals surface area contributed by atoms with Crippen molar-refractivity contribution in [2.75, 3.05) is 12.8 Å². The van der Waals surface area contributed by atoms with Crippen molar-refractivity contribution in [1.82, 2.24) is 4.72 Å². The van der Waals surface area contributed by atoms with Crippen LogP contribution in [-0.4, -0.2) is 29.6 Å². The van der Waals surface area contributed by atoms with Gasteiger partial charge in [0.1, 0.15) is 5.25 Å². The van der Waals surface area contributed by atoms with Crippen LogP contribution < -0.4 is 4.72 Å². The second kappa shape index (κ2) is 7.35. The summed E-state index contributed by atoms with van der Waals surface area (Å²) in [5, 5.41) is 0.831. The molecule has 2 rings (SSSR count). The van der Waals surface area contributed by atoms with Gasteiger partial charge >= 0.3 is 0 Å². The largest absolute Gasteiger partial charge is 0.223 e. The summed E-state index contributed by atoms with van der Waals surface area (Å²) in [5.74, 6) is 0.307. The Morgan fingerprint density at radius 1 is 1.04 bits per heavy atom. The average molecular weight is 388 g/mol. The van der Waals surface area contributed by atoms with Gasteiger partial charge in [0.2, 0.25) is 10.0 Å². The fourth-order valence-electron chi connectivity index (χ4n) is 2.27. The van der Waals surface area contributed by atoms with Gasteiger partial charge in [0.25, 0.3) is 0 Å². The Bertz CT molecular complexity index is 868. The molecule has 0 fully saturated rings. The topological polar surface area (TPSA) is 80.3 Å². The molecule has 0 spiro atoms. The van der Waals surface area contributed by atoms with Crippen LogP contribution in [0.2, 0.25) is 0 Å². The third-order valence-corrected chi connectivity index (χ3v) is 7.57. The summed E-state index contributed by atoms with van der Waals surface area (Å²) in [5.41, 5.74) is 1.05. The maximum absolute atomic E-state index is 13.0. The van der Waals surface area contributed by atoms with Crippen molar-refractivity contribution in [3.63, 3.8) is 0 Å². The van der Waals surface area contributed by atoms with Crippen LogP contribution in [0.25, 0.3) is 0 Å². The maximum atomic E-state index is 13.0. The van der Waals surface area contributed by atoms with E-state index >= 15 is 0 Å². The zero-order valence-electron chi connectivity index (χ0n) is 13.8. The van der Waals surface area contributed by atoms with E-state index in [1.165, 1.54) is 11.3 Å². The SMILES string of the molecule is CC(C)c1ccc(S(=O)(=O)[C@@H](CNS(C)(=O)=O)c2cccs2)cc1. The Morgan fingerprint density at radius 2 is 1.67 bits per heavy atom. The first kappa shape index (κ1) is 19.1. The van der Waals surface area contributed by atoms with Crippen LogP contribution in [0.3, 0.4) is 0 Å². The van der Waals surface area contributed by atoms with E-state index < -0.39 is 25.1 Å². The number of hydrogen-bond donors (Lipinski definition) is 1. The van der Waals surface area contributed by atoms with E-state index in [-0.39, 0.29) is 11.4 Å². The first-order chi connectivity index (χ1) is 11.1. The van der Waals surface area contributed by atoms with Crippen LogP contribution in [0.1, 0.15) is 35.5 Å². The third kappa shape index (κ3) is 4.66. The number of thiophene rings is 1. The van der Waals surface area contributed by atoms with Crippen LogP contribution in [0.5, 0.6) is 0 Å². The lowest BCUT2D eigenvalue weighted by Crippen LogP contribution is -2.30. The minimum atomic E-state index is -3.71. The molecule has 0 saturated carbocycles. The number of nitrogens with one attached hydrogen (secondary N) is 1. The summed E-state index contributed by atoms with van der Waals surface area (Å²) >= 11 is 1.30. The number of benzene rings is 1. The van der Waals surface area contributed by atoms with Gasteiger partial charge in [-0.15, -0.1) is 11.3 Å². The Kier molecular flexibility index (Phi) is 5.85. The van der Waals surface area contributed by atoms with Crippen molar-refractivity contribution in [2.24, 2.45) is 0 Å². The summed E-state index contributed by atoms with van der Waals surface area (Å²) in [7, 11) is -7.19. The fraction of sp³-hybridized carbons (Fsp3) is 0.375. The normalized spacial score (nSPS) is 14.0. The molecule has 5 nitrogen and oxygen atoms in total. The molecule has 0 unspecified atom stereocenters. The van der Waals surface area contributed by atoms with E-state index in [1.807, 2.05) is 13.8 Å². The van der Waals surface area contributed by atoms with E-state index in [9.17, 15) is 16.8 Å². The van der Waals surface area contributed by atoms with Crippen molar-refractivity contribution in [3.05, 3.63) is 52.2 Å². The Labute approximate surface area is 147 Å². The molecule has 8 heteroatoms. The minimum absolute atomic E-state index is 0.187. The van der Waals surface area contributed by atoms with Crippen molar-refractivity contribution >= 4 is 31.2 Å². The lowest BCUT2D eigenvalue weighted by Gasteiger charge is -2.17. The number of sulfone groups is 1. The van der Waals surface area contributed by atoms with Gasteiger partial charge < -0.3 is 0 Å². The Balaban J connectivity index is 2.39. The summed E-state index contributed by atoms with van der Waals surface area (Å²) in [6, 6.07) is 10.2. The first-order valence-electron chi connectivity index (χ1n) is 7.43. The lowest BCUT2D eigenvalue weighted by atomic mass is 10.0. The molecule has 0 radical (unpaired) electrons. The molecular formula is C16H21NO4S3. The van der Waals surface area contributed by atoms with E-state index in [4.69, 9.17) is 0 Å². The highest BCUT2D eigenvalue weighted by Crippen LogP contribution is 2.32. The van der Waals surface area contributed by atoms with Crippen molar-refractivity contribution < 1.29 is 16.8 Å². The van der Waals surface area contributed by atoms with Crippen molar-refractivity contribution in [2.45, 2.75) is 29.9 Å². The zero-order chi connectivity index (χ0) is 18.0. The summed E-state index contributed by atoms with van der Waals surface area (Å²) in [4.78, 5) is 0.805. The number of sulfonamides is 1. The standard InChI is InChI=1S/C16H21NO4S3/c1-12(2)13-6-8-14(9-7-13)24(20,21)16(11-17-23(3,18)19)15-5-4-10-22-15/h4-10,12,16-17H,11H2,1-3H3/t16-/m0/s1. The molecule has 0 aliphatic rings. The zero-order valence-corrected chi connectivity index (χ0v) is 16.2. The quantitative estimate of drug-likeness (QED) is 0.792. The molecule has 0 saturated heterocycles. The van der Waals surface area contributed by atoms with E-state index in [2.05, 4.69) is 4.72 Å². The molecule has 2 aromatic rings. The second-order valence-corrected chi connectivity index (χ2v) is 10.8. The third-order valence-electron chi connectivity index (χ3n) is 3.64. The Morgan fingerprint density at radius 3 is 2.12 bits per heavy atom. The van der Waals surface area contributed by atoms with Gasteiger partial charge in [-0.2, -0.15) is 0 Å². The number of rotatable bonds is 7. The highest BCUT2D eigenvalue weighted by atomic mass is 32.2. The molecule has 1 heterocycles. The van der Waals surface area contributed by atoms with E-state index in [0.29, 0.717) is 10.8 Å². The van der Waals surface area contributed by atoms with Crippen molar-refractivity contribution in [3.8, 4) is 0 Å². The van der Waals surface area contributed by atoms with Crippen molar-refractivity contribution in [1.29, 1.82) is 0 Å². The molecule has 0 aliphatic heterocycles. The molecule has 1 N–H and O–H groups in total. The van der Waals surface area contributed by atoms with Gasteiger partial charge in [0, 0.05) is 11.4 Å². The fourth-order valence-corrected chi connectivity index (χ4v) is 5.63. The van der Waals surface area contributed by atoms with E-state index in [0.717, 1.165) is 11.8 Å². The minimum Gasteiger partial charge on any atom is -0.223 e. The van der Waals surface area contributed by atoms with Gasteiger partial charge in [-0.25, -0.2) is 21.6 Å². The predicted molar refractivity (Wildman–Crippen MR) is 97.6 cm³/mol. The van der Waals surface area contributed by atoms with Crippen LogP contribution in [0.15, 0.2) is 46.7 Å². The monoisotopic (exact) mass is 387 g/mol. The van der Waals surface area contributed by atoms with Gasteiger partial charge in [-0.1, -0.05) is 32.0 Å². The van der Waals surface area contributed by atoms with E-state index in [1.54, 1.807) is 41.8 Å². The molecule has 1 atom stereocenters. The molecule has 132 valence electrons. The number of hydrogen-bond acceptors (Lipinski definition) is 5. The highest BCUT2D eigenvalue weighted by molar-refractivity contribution is 7.92. The Hall–Kier alpha value is -1.22. The van der Waals surface area contributed by atoms with Gasteiger partial charge in [0.05, 0.1) is 11.2 Å². The van der Waals surface area contributed by atoms with Crippen LogP contribution in [0.4, 0.5) is 0 Å². The molecule has 0 amide bonds. The lowest BCUT2D eigenvalue weighted by molar-refractivity contribution is 0.572. The molecule has 24 heavy (non-hydrogen) atoms.